The molecule has 1 N–H and O–H groups in total. The van der Waals surface area contributed by atoms with Crippen molar-refractivity contribution in [3.63, 3.8) is 0 Å². The van der Waals surface area contributed by atoms with E-state index in [2.05, 4.69) is 17.4 Å². The molecule has 2 aromatic rings. The third-order valence-electron chi connectivity index (χ3n) is 3.29. The number of carbonyl (C=O) groups is 1. The van der Waals surface area contributed by atoms with E-state index in [1.165, 1.54) is 11.1 Å². The average Bonchev–Trinajstić information content (AvgIpc) is 2.47. The summed E-state index contributed by atoms with van der Waals surface area (Å²) in [7, 11) is 0. The number of benzene rings is 2. The van der Waals surface area contributed by atoms with Crippen LogP contribution in [0.4, 0.5) is 0 Å². The van der Waals surface area contributed by atoms with E-state index in [1.54, 1.807) is 0 Å². The van der Waals surface area contributed by atoms with Crippen LogP contribution in [0, 0.1) is 6.92 Å². The summed E-state index contributed by atoms with van der Waals surface area (Å²) < 4.78 is 0. The molecule has 20 heavy (non-hydrogen) atoms. The Labute approximate surface area is 120 Å². The molecule has 2 heteroatoms. The van der Waals surface area contributed by atoms with Crippen molar-refractivity contribution in [3.8, 4) is 0 Å². The Hall–Kier alpha value is -2.09. The van der Waals surface area contributed by atoms with Gasteiger partial charge in [-0.05, 0) is 30.9 Å². The lowest BCUT2D eigenvalue weighted by Crippen LogP contribution is -2.26. The second-order valence-electron chi connectivity index (χ2n) is 5.10. The minimum absolute atomic E-state index is 0.0990. The summed E-state index contributed by atoms with van der Waals surface area (Å²) in [5.74, 6) is 0.0990. The first-order valence-corrected chi connectivity index (χ1v) is 7.10. The normalized spacial score (nSPS) is 10.2. The van der Waals surface area contributed by atoms with Crippen molar-refractivity contribution in [3.05, 3.63) is 71.3 Å². The second kappa shape index (κ2) is 7.49. The van der Waals surface area contributed by atoms with Gasteiger partial charge in [-0.2, -0.15) is 0 Å². The van der Waals surface area contributed by atoms with Gasteiger partial charge >= 0.3 is 0 Å². The molecule has 2 aromatic carbocycles. The fourth-order valence-electron chi connectivity index (χ4n) is 2.12. The van der Waals surface area contributed by atoms with Crippen molar-refractivity contribution in [1.29, 1.82) is 0 Å². The molecule has 0 aliphatic carbocycles. The Kier molecular flexibility index (Phi) is 5.36. The molecule has 0 heterocycles. The fourth-order valence-corrected chi connectivity index (χ4v) is 2.12. The Morgan fingerprint density at radius 1 is 0.950 bits per heavy atom. The van der Waals surface area contributed by atoms with Crippen LogP contribution in [0.3, 0.4) is 0 Å². The fraction of sp³-hybridized carbons (Fsp3) is 0.278. The SMILES string of the molecule is Cc1ccc(CC(=O)NCCCc2ccccc2)cc1. The van der Waals surface area contributed by atoms with Crippen LogP contribution < -0.4 is 5.32 Å². The van der Waals surface area contributed by atoms with E-state index in [1.807, 2.05) is 49.4 Å². The number of amides is 1. The van der Waals surface area contributed by atoms with Crippen molar-refractivity contribution in [2.75, 3.05) is 6.54 Å². The van der Waals surface area contributed by atoms with Crippen LogP contribution in [0.1, 0.15) is 23.1 Å². The summed E-state index contributed by atoms with van der Waals surface area (Å²) in [6.07, 6.45) is 2.45. The molecule has 2 rings (SSSR count). The molecule has 1 amide bonds. The van der Waals surface area contributed by atoms with Gasteiger partial charge in [-0.3, -0.25) is 4.79 Å². The molecule has 0 saturated carbocycles. The molecule has 0 unspecified atom stereocenters. The minimum Gasteiger partial charge on any atom is -0.356 e. The number of hydrogen-bond donors (Lipinski definition) is 1. The van der Waals surface area contributed by atoms with Gasteiger partial charge in [-0.15, -0.1) is 0 Å². The summed E-state index contributed by atoms with van der Waals surface area (Å²) in [5.41, 5.74) is 3.61. The zero-order valence-corrected chi connectivity index (χ0v) is 11.9. The third kappa shape index (κ3) is 4.88. The first-order chi connectivity index (χ1) is 9.74. The van der Waals surface area contributed by atoms with Gasteiger partial charge in [0.2, 0.25) is 5.91 Å². The Morgan fingerprint density at radius 3 is 2.35 bits per heavy atom. The molecular weight excluding hydrogens is 246 g/mol. The zero-order valence-electron chi connectivity index (χ0n) is 11.9. The summed E-state index contributed by atoms with van der Waals surface area (Å²) in [6, 6.07) is 18.5. The average molecular weight is 267 g/mol. The predicted octanol–water partition coefficient (Wildman–Crippen LogP) is 3.29. The van der Waals surface area contributed by atoms with Gasteiger partial charge in [0.1, 0.15) is 0 Å². The van der Waals surface area contributed by atoms with E-state index in [4.69, 9.17) is 0 Å². The standard InChI is InChI=1S/C18H21NO/c1-15-9-11-17(12-10-15)14-18(20)19-13-5-8-16-6-3-2-4-7-16/h2-4,6-7,9-12H,5,8,13-14H2,1H3,(H,19,20). The number of aryl methyl sites for hydroxylation is 2. The highest BCUT2D eigenvalue weighted by Gasteiger charge is 2.02. The molecule has 0 bridgehead atoms. The van der Waals surface area contributed by atoms with Crippen LogP contribution in [0.2, 0.25) is 0 Å². The smallest absolute Gasteiger partial charge is 0.224 e. The molecule has 0 fully saturated rings. The quantitative estimate of drug-likeness (QED) is 0.800. The lowest BCUT2D eigenvalue weighted by atomic mass is 10.1. The molecule has 0 atom stereocenters. The van der Waals surface area contributed by atoms with E-state index in [0.29, 0.717) is 6.42 Å². The molecule has 0 radical (unpaired) electrons. The minimum atomic E-state index is 0.0990. The number of rotatable bonds is 6. The van der Waals surface area contributed by atoms with Crippen LogP contribution in [0.5, 0.6) is 0 Å². The molecule has 0 spiro atoms. The van der Waals surface area contributed by atoms with Gasteiger partial charge in [-0.1, -0.05) is 60.2 Å². The maximum absolute atomic E-state index is 11.8. The van der Waals surface area contributed by atoms with E-state index in [0.717, 1.165) is 24.9 Å². The second-order valence-corrected chi connectivity index (χ2v) is 5.10. The number of nitrogens with one attached hydrogen (secondary N) is 1. The molecule has 104 valence electrons. The van der Waals surface area contributed by atoms with Gasteiger partial charge in [0.15, 0.2) is 0 Å². The van der Waals surface area contributed by atoms with Crippen LogP contribution in [0.25, 0.3) is 0 Å². The van der Waals surface area contributed by atoms with Crippen LogP contribution in [-0.4, -0.2) is 12.5 Å². The molecule has 0 aliphatic heterocycles. The Balaban J connectivity index is 1.66. The lowest BCUT2D eigenvalue weighted by molar-refractivity contribution is -0.120. The van der Waals surface area contributed by atoms with Crippen LogP contribution in [0.15, 0.2) is 54.6 Å². The molecular formula is C18H21NO. The first kappa shape index (κ1) is 14.3. The van der Waals surface area contributed by atoms with Crippen molar-refractivity contribution in [1.82, 2.24) is 5.32 Å². The summed E-state index contributed by atoms with van der Waals surface area (Å²) in [4.78, 5) is 11.8. The van der Waals surface area contributed by atoms with Gasteiger partial charge in [0, 0.05) is 6.54 Å². The van der Waals surface area contributed by atoms with Crippen LogP contribution >= 0.6 is 0 Å². The van der Waals surface area contributed by atoms with Gasteiger partial charge in [-0.25, -0.2) is 0 Å². The highest BCUT2D eigenvalue weighted by atomic mass is 16.1. The van der Waals surface area contributed by atoms with Gasteiger partial charge in [0.05, 0.1) is 6.42 Å². The lowest BCUT2D eigenvalue weighted by Gasteiger charge is -2.06. The number of hydrogen-bond acceptors (Lipinski definition) is 1. The molecule has 0 aromatic heterocycles. The van der Waals surface area contributed by atoms with Gasteiger partial charge < -0.3 is 5.32 Å². The maximum atomic E-state index is 11.8. The summed E-state index contributed by atoms with van der Waals surface area (Å²) >= 11 is 0. The Morgan fingerprint density at radius 2 is 1.65 bits per heavy atom. The Bertz CT molecular complexity index is 531. The maximum Gasteiger partial charge on any atom is 0.224 e. The van der Waals surface area contributed by atoms with E-state index in [-0.39, 0.29) is 5.91 Å². The number of carbonyl (C=O) groups excluding carboxylic acids is 1. The van der Waals surface area contributed by atoms with E-state index >= 15 is 0 Å². The van der Waals surface area contributed by atoms with E-state index in [9.17, 15) is 4.79 Å². The largest absolute Gasteiger partial charge is 0.356 e. The molecule has 0 saturated heterocycles. The highest BCUT2D eigenvalue weighted by molar-refractivity contribution is 5.78. The molecule has 0 aliphatic rings. The zero-order chi connectivity index (χ0) is 14.2. The molecule has 2 nitrogen and oxygen atoms in total. The highest BCUT2D eigenvalue weighted by Crippen LogP contribution is 2.04. The monoisotopic (exact) mass is 267 g/mol. The van der Waals surface area contributed by atoms with Crippen molar-refractivity contribution in [2.45, 2.75) is 26.2 Å². The van der Waals surface area contributed by atoms with Crippen molar-refractivity contribution in [2.24, 2.45) is 0 Å². The first-order valence-electron chi connectivity index (χ1n) is 7.10. The van der Waals surface area contributed by atoms with Crippen molar-refractivity contribution < 1.29 is 4.79 Å². The van der Waals surface area contributed by atoms with Crippen LogP contribution in [-0.2, 0) is 17.6 Å². The predicted molar refractivity (Wildman–Crippen MR) is 82.7 cm³/mol. The van der Waals surface area contributed by atoms with E-state index < -0.39 is 0 Å². The third-order valence-corrected chi connectivity index (χ3v) is 3.29. The van der Waals surface area contributed by atoms with Crippen molar-refractivity contribution >= 4 is 5.91 Å². The van der Waals surface area contributed by atoms with Gasteiger partial charge in [0.25, 0.3) is 0 Å². The topological polar surface area (TPSA) is 29.1 Å². The summed E-state index contributed by atoms with van der Waals surface area (Å²) in [5, 5.41) is 2.98. The summed E-state index contributed by atoms with van der Waals surface area (Å²) in [6.45, 7) is 2.78.